The number of hydrogen-bond acceptors (Lipinski definition) is 7. The van der Waals surface area contributed by atoms with Crippen molar-refractivity contribution in [2.75, 3.05) is 20.7 Å². The summed E-state index contributed by atoms with van der Waals surface area (Å²) in [6, 6.07) is 9.92. The van der Waals surface area contributed by atoms with E-state index in [1.165, 1.54) is 6.07 Å². The molecule has 0 atom stereocenters. The second kappa shape index (κ2) is 9.57. The average molecular weight is 433 g/mol. The third-order valence-corrected chi connectivity index (χ3v) is 4.36. The zero-order valence-corrected chi connectivity index (χ0v) is 17.3. The first-order chi connectivity index (χ1) is 17.2. The number of aliphatic hydroxyl groups is 1. The molecule has 0 fully saturated rings. The minimum absolute atomic E-state index is 0.0165. The Labute approximate surface area is 188 Å². The zero-order valence-electron chi connectivity index (χ0n) is 23.3. The molecule has 0 aliphatic rings. The number of esters is 1. The van der Waals surface area contributed by atoms with E-state index < -0.39 is 20.0 Å². The molecule has 0 radical (unpaired) electrons. The average Bonchev–Trinajstić information content (AvgIpc) is 3.36. The smallest absolute Gasteiger partial charge is 0.374 e. The first-order valence-electron chi connectivity index (χ1n) is 12.4. The van der Waals surface area contributed by atoms with E-state index in [-0.39, 0.29) is 36.1 Å². The predicted molar refractivity (Wildman–Crippen MR) is 117 cm³/mol. The van der Waals surface area contributed by atoms with E-state index in [1.54, 1.807) is 38.1 Å². The highest BCUT2D eigenvalue weighted by atomic mass is 16.5. The summed E-state index contributed by atoms with van der Waals surface area (Å²) >= 11 is 0. The molecule has 1 N–H and O–H groups in total. The number of methoxy groups -OCH3 is 2. The summed E-state index contributed by atoms with van der Waals surface area (Å²) in [7, 11) is -5.11. The Morgan fingerprint density at radius 2 is 1.52 bits per heavy atom. The van der Waals surface area contributed by atoms with Crippen LogP contribution in [-0.2, 0) is 11.3 Å². The van der Waals surface area contributed by atoms with Gasteiger partial charge >= 0.3 is 5.97 Å². The zero-order chi connectivity index (χ0) is 27.5. The largest absolute Gasteiger partial charge is 0.493 e. The van der Waals surface area contributed by atoms with Gasteiger partial charge in [-0.25, -0.2) is 4.79 Å². The van der Waals surface area contributed by atoms with Crippen molar-refractivity contribution in [1.82, 2.24) is 0 Å². The van der Waals surface area contributed by atoms with Crippen LogP contribution in [0.2, 0.25) is 0 Å². The monoisotopic (exact) mass is 432 g/mol. The lowest BCUT2D eigenvalue weighted by Crippen LogP contribution is -2.02. The second-order valence-electron chi connectivity index (χ2n) is 6.77. The molecule has 2 heterocycles. The van der Waals surface area contributed by atoms with Crippen LogP contribution in [0, 0.1) is 13.8 Å². The predicted octanol–water partition coefficient (Wildman–Crippen LogP) is 5.17. The molecule has 2 aromatic carbocycles. The van der Waals surface area contributed by atoms with Crippen LogP contribution in [0.4, 0.5) is 0 Å². The van der Waals surface area contributed by atoms with E-state index in [1.807, 2.05) is 13.0 Å². The normalized spacial score (nSPS) is 14.3. The molecular weight excluding hydrogens is 400 g/mol. The Morgan fingerprint density at radius 1 is 0.935 bits per heavy atom. The molecule has 31 heavy (non-hydrogen) atoms. The number of fused-ring (bicyclic) bond motifs is 2. The maximum absolute atomic E-state index is 11.6. The summed E-state index contributed by atoms with van der Waals surface area (Å²) < 4.78 is 68.0. The van der Waals surface area contributed by atoms with Gasteiger partial charge in [-0.05, 0) is 68.3 Å². The lowest BCUT2D eigenvalue weighted by atomic mass is 10.1. The first kappa shape index (κ1) is 15.4. The third-order valence-electron chi connectivity index (χ3n) is 4.36. The van der Waals surface area contributed by atoms with Crippen molar-refractivity contribution in [3.63, 3.8) is 0 Å². The van der Waals surface area contributed by atoms with Gasteiger partial charge in [0, 0.05) is 10.8 Å². The van der Waals surface area contributed by atoms with Crippen LogP contribution in [0.25, 0.3) is 21.9 Å². The lowest BCUT2D eigenvalue weighted by molar-refractivity contribution is 0.0492. The van der Waals surface area contributed by atoms with Crippen molar-refractivity contribution in [3.8, 4) is 11.5 Å². The molecule has 4 rings (SSSR count). The Hall–Kier alpha value is -3.45. The summed E-state index contributed by atoms with van der Waals surface area (Å²) in [5, 5.41) is 10.3. The van der Waals surface area contributed by atoms with Crippen LogP contribution >= 0.6 is 0 Å². The maximum Gasteiger partial charge on any atom is 0.374 e. The summed E-state index contributed by atoms with van der Waals surface area (Å²) in [4.78, 5) is 11.6. The van der Waals surface area contributed by atoms with Crippen LogP contribution in [0.15, 0.2) is 45.2 Å². The number of rotatable bonds is 5. The topological polar surface area (TPSA) is 91.3 Å². The highest BCUT2D eigenvalue weighted by Crippen LogP contribution is 2.31. The van der Waals surface area contributed by atoms with Crippen molar-refractivity contribution in [1.29, 1.82) is 0 Å². The minimum atomic E-state index is -2.59. The molecule has 0 saturated heterocycles. The van der Waals surface area contributed by atoms with Crippen molar-refractivity contribution < 1.29 is 41.2 Å². The molecule has 164 valence electrons. The van der Waals surface area contributed by atoms with Crippen LogP contribution in [0.3, 0.4) is 0 Å². The van der Waals surface area contributed by atoms with E-state index in [4.69, 9.17) is 36.4 Å². The van der Waals surface area contributed by atoms with Crippen LogP contribution in [0.1, 0.15) is 42.6 Å². The highest BCUT2D eigenvalue weighted by Gasteiger charge is 2.16. The number of benzene rings is 2. The molecular formula is C24H26O7. The molecule has 7 heteroatoms. The number of ether oxygens (including phenoxy) is 3. The van der Waals surface area contributed by atoms with E-state index in [9.17, 15) is 4.79 Å². The summed E-state index contributed by atoms with van der Waals surface area (Å²) in [5.74, 6) is 0.0419. The van der Waals surface area contributed by atoms with Gasteiger partial charge in [0.2, 0.25) is 5.76 Å². The molecule has 0 bridgehead atoms. The fourth-order valence-corrected chi connectivity index (χ4v) is 3.11. The molecule has 0 spiro atoms. The molecule has 0 unspecified atom stereocenters. The van der Waals surface area contributed by atoms with E-state index >= 15 is 0 Å². The number of carbonyl (C=O) groups excluding carboxylic acids is 1. The van der Waals surface area contributed by atoms with Crippen molar-refractivity contribution in [3.05, 3.63) is 59.0 Å². The molecule has 0 aliphatic heterocycles. The van der Waals surface area contributed by atoms with Gasteiger partial charge in [0.15, 0.2) is 22.7 Å². The SMILES string of the molecule is [2H]C([2H])([2H])Oc1cc(C)cc2cc(C(=O)OCC)oc12.[2H]C([2H])([2H])Oc1cc(C)cc2cc(CO)oc12. The number of carbonyl (C=O) groups is 1. The number of aryl methyl sites for hydroxylation is 2. The number of hydrogen-bond donors (Lipinski definition) is 1. The van der Waals surface area contributed by atoms with E-state index in [2.05, 4.69) is 0 Å². The maximum atomic E-state index is 11.6. The van der Waals surface area contributed by atoms with Gasteiger partial charge in [-0.15, -0.1) is 0 Å². The van der Waals surface area contributed by atoms with E-state index in [0.29, 0.717) is 22.1 Å². The van der Waals surface area contributed by atoms with Gasteiger partial charge in [0.05, 0.1) is 28.9 Å². The molecule has 7 nitrogen and oxygen atoms in total. The Morgan fingerprint density at radius 3 is 2.06 bits per heavy atom. The Kier molecular flexibility index (Phi) is 4.75. The number of aliphatic hydroxyl groups excluding tert-OH is 1. The fraction of sp³-hybridized carbons (Fsp3) is 0.292. The van der Waals surface area contributed by atoms with Crippen molar-refractivity contribution in [2.24, 2.45) is 0 Å². The van der Waals surface area contributed by atoms with Gasteiger partial charge < -0.3 is 28.2 Å². The van der Waals surface area contributed by atoms with Gasteiger partial charge in [0.25, 0.3) is 0 Å². The van der Waals surface area contributed by atoms with Gasteiger partial charge in [0.1, 0.15) is 12.4 Å². The van der Waals surface area contributed by atoms with Crippen LogP contribution < -0.4 is 9.47 Å². The highest BCUT2D eigenvalue weighted by molar-refractivity contribution is 5.94. The third kappa shape index (κ3) is 4.83. The minimum Gasteiger partial charge on any atom is -0.493 e. The lowest BCUT2D eigenvalue weighted by Gasteiger charge is -2.01. The quantitative estimate of drug-likeness (QED) is 0.435. The molecule has 0 saturated carbocycles. The summed E-state index contributed by atoms with van der Waals surface area (Å²) in [6.07, 6.45) is 0. The second-order valence-corrected chi connectivity index (χ2v) is 6.77. The Bertz CT molecular complexity index is 1400. The standard InChI is InChI=1S/C13H14O4.C11H12O3/c1-4-16-13(14)11-7-9-5-8(2)6-10(15-3)12(9)17-11;1-7-3-8-5-9(6-12)14-11(8)10(4-7)13-2/h5-7H,4H2,1-3H3;3-5,12H,6H2,1-2H3/i3D3;2D3. The van der Waals surface area contributed by atoms with Crippen molar-refractivity contribution >= 4 is 27.9 Å². The summed E-state index contributed by atoms with van der Waals surface area (Å²) in [6.45, 7) is 5.31. The number of furan rings is 2. The molecule has 2 aromatic heterocycles. The van der Waals surface area contributed by atoms with Crippen molar-refractivity contribution in [2.45, 2.75) is 27.4 Å². The molecule has 0 amide bonds. The summed E-state index contributed by atoms with van der Waals surface area (Å²) in [5.41, 5.74) is 2.22. The molecule has 0 aliphatic carbocycles. The first-order valence-corrected chi connectivity index (χ1v) is 9.42. The van der Waals surface area contributed by atoms with Crippen LogP contribution in [-0.4, -0.2) is 31.8 Å². The van der Waals surface area contributed by atoms with Gasteiger partial charge in [-0.1, -0.05) is 0 Å². The molecule has 4 aromatic rings. The fourth-order valence-electron chi connectivity index (χ4n) is 3.11. The van der Waals surface area contributed by atoms with Gasteiger partial charge in [-0.3, -0.25) is 0 Å². The van der Waals surface area contributed by atoms with Crippen LogP contribution in [0.5, 0.6) is 11.5 Å². The Balaban J connectivity index is 0.000000208. The van der Waals surface area contributed by atoms with E-state index in [0.717, 1.165) is 11.1 Å². The van der Waals surface area contributed by atoms with Gasteiger partial charge in [-0.2, -0.15) is 0 Å².